The lowest BCUT2D eigenvalue weighted by atomic mass is 10.1. The van der Waals surface area contributed by atoms with Gasteiger partial charge in [0, 0.05) is 5.56 Å². The van der Waals surface area contributed by atoms with E-state index in [1.54, 1.807) is 16.8 Å². The molecule has 0 N–H and O–H groups in total. The average molecular weight is 318 g/mol. The molecule has 0 aliphatic carbocycles. The second-order valence-electron chi connectivity index (χ2n) is 5.50. The first kappa shape index (κ1) is 14.3. The fraction of sp³-hybridized carbons (Fsp3) is 0.118. The molecule has 1 unspecified atom stereocenters. The van der Waals surface area contributed by atoms with E-state index in [0.29, 0.717) is 5.56 Å². The van der Waals surface area contributed by atoms with E-state index in [1.165, 1.54) is 17.3 Å². The van der Waals surface area contributed by atoms with E-state index in [4.69, 9.17) is 0 Å². The van der Waals surface area contributed by atoms with E-state index in [0.717, 1.165) is 16.6 Å². The van der Waals surface area contributed by atoms with Gasteiger partial charge in [-0.1, -0.05) is 47.2 Å². The van der Waals surface area contributed by atoms with Crippen LogP contribution in [0.2, 0.25) is 0 Å². The summed E-state index contributed by atoms with van der Waals surface area (Å²) in [5, 5.41) is 12.5. The zero-order valence-corrected chi connectivity index (χ0v) is 12.9. The standard InChI is InChI=1S/C17H14N6O/c1-12-6-8-13(9-7-12)16(24)17(22-11-18-10-19-22)23-15-5-3-2-4-14(15)20-21-23/h2-11,17H,1H3. The first-order chi connectivity index (χ1) is 11.7. The van der Waals surface area contributed by atoms with Gasteiger partial charge in [-0.2, -0.15) is 5.10 Å². The van der Waals surface area contributed by atoms with Crippen LogP contribution in [0.3, 0.4) is 0 Å². The lowest BCUT2D eigenvalue weighted by molar-refractivity contribution is 0.0888. The lowest BCUT2D eigenvalue weighted by Crippen LogP contribution is -2.28. The van der Waals surface area contributed by atoms with E-state index in [9.17, 15) is 4.79 Å². The molecular weight excluding hydrogens is 304 g/mol. The third kappa shape index (κ3) is 2.36. The van der Waals surface area contributed by atoms with Crippen LogP contribution in [0.25, 0.3) is 11.0 Å². The van der Waals surface area contributed by atoms with E-state index in [1.807, 2.05) is 43.3 Å². The van der Waals surface area contributed by atoms with Gasteiger partial charge in [0.25, 0.3) is 0 Å². The maximum atomic E-state index is 13.1. The average Bonchev–Trinajstić information content (AvgIpc) is 3.27. The summed E-state index contributed by atoms with van der Waals surface area (Å²) in [6, 6.07) is 14.9. The number of hydrogen-bond acceptors (Lipinski definition) is 5. The van der Waals surface area contributed by atoms with Gasteiger partial charge >= 0.3 is 0 Å². The third-order valence-electron chi connectivity index (χ3n) is 3.87. The van der Waals surface area contributed by atoms with Crippen molar-refractivity contribution < 1.29 is 4.79 Å². The maximum absolute atomic E-state index is 13.1. The summed E-state index contributed by atoms with van der Waals surface area (Å²) in [6.45, 7) is 1.98. The van der Waals surface area contributed by atoms with Crippen LogP contribution in [0.1, 0.15) is 22.1 Å². The number of Topliss-reactive ketones (excluding diaryl/α,β-unsaturated/α-hetero) is 1. The van der Waals surface area contributed by atoms with E-state index >= 15 is 0 Å². The highest BCUT2D eigenvalue weighted by molar-refractivity contribution is 5.99. The molecule has 0 bridgehead atoms. The van der Waals surface area contributed by atoms with Gasteiger partial charge in [0.1, 0.15) is 18.2 Å². The number of hydrogen-bond donors (Lipinski definition) is 0. The Morgan fingerprint density at radius 1 is 1.08 bits per heavy atom. The van der Waals surface area contributed by atoms with Crippen molar-refractivity contribution in [2.45, 2.75) is 13.1 Å². The molecular formula is C17H14N6O. The highest BCUT2D eigenvalue weighted by Gasteiger charge is 2.27. The normalized spacial score (nSPS) is 12.4. The molecule has 0 fully saturated rings. The molecule has 1 atom stereocenters. The SMILES string of the molecule is Cc1ccc(C(=O)C(n2cncn2)n2nnc3ccccc32)cc1. The number of rotatable bonds is 4. The molecule has 0 radical (unpaired) electrons. The molecule has 2 aromatic carbocycles. The van der Waals surface area contributed by atoms with Gasteiger partial charge in [-0.15, -0.1) is 5.10 Å². The van der Waals surface area contributed by atoms with Gasteiger partial charge < -0.3 is 0 Å². The minimum Gasteiger partial charge on any atom is -0.290 e. The molecule has 4 aromatic rings. The van der Waals surface area contributed by atoms with Gasteiger partial charge in [-0.3, -0.25) is 4.79 Å². The molecule has 24 heavy (non-hydrogen) atoms. The molecule has 2 aromatic heterocycles. The Balaban J connectivity index is 1.86. The second-order valence-corrected chi connectivity index (χ2v) is 5.50. The Bertz CT molecular complexity index is 988. The van der Waals surface area contributed by atoms with Gasteiger partial charge in [0.15, 0.2) is 0 Å². The third-order valence-corrected chi connectivity index (χ3v) is 3.87. The number of aryl methyl sites for hydroxylation is 1. The Morgan fingerprint density at radius 3 is 2.62 bits per heavy atom. The van der Waals surface area contributed by atoms with Crippen molar-refractivity contribution in [1.29, 1.82) is 0 Å². The Kier molecular flexibility index (Phi) is 3.38. The molecule has 7 nitrogen and oxygen atoms in total. The fourth-order valence-corrected chi connectivity index (χ4v) is 2.62. The van der Waals surface area contributed by atoms with Gasteiger partial charge in [0.05, 0.1) is 5.52 Å². The summed E-state index contributed by atoms with van der Waals surface area (Å²) >= 11 is 0. The van der Waals surface area contributed by atoms with E-state index < -0.39 is 6.17 Å². The van der Waals surface area contributed by atoms with Crippen LogP contribution >= 0.6 is 0 Å². The largest absolute Gasteiger partial charge is 0.290 e. The minimum atomic E-state index is -0.775. The molecule has 0 saturated heterocycles. The summed E-state index contributed by atoms with van der Waals surface area (Å²) in [4.78, 5) is 17.1. The van der Waals surface area contributed by atoms with Crippen molar-refractivity contribution in [1.82, 2.24) is 29.8 Å². The van der Waals surface area contributed by atoms with Gasteiger partial charge in [0.2, 0.25) is 11.9 Å². The number of para-hydroxylation sites is 1. The lowest BCUT2D eigenvalue weighted by Gasteiger charge is -2.17. The topological polar surface area (TPSA) is 78.5 Å². The van der Waals surface area contributed by atoms with Crippen LogP contribution in [0.15, 0.2) is 61.2 Å². The summed E-state index contributed by atoms with van der Waals surface area (Å²) in [6.07, 6.45) is 2.13. The first-order valence-corrected chi connectivity index (χ1v) is 7.49. The van der Waals surface area contributed by atoms with Crippen molar-refractivity contribution in [3.05, 3.63) is 72.3 Å². The quantitative estimate of drug-likeness (QED) is 0.539. The predicted molar refractivity (Wildman–Crippen MR) is 87.5 cm³/mol. The molecule has 7 heteroatoms. The van der Waals surface area contributed by atoms with Crippen LogP contribution in [-0.2, 0) is 0 Å². The zero-order valence-electron chi connectivity index (χ0n) is 12.9. The molecule has 4 rings (SSSR count). The van der Waals surface area contributed by atoms with Crippen molar-refractivity contribution >= 4 is 16.8 Å². The number of benzene rings is 2. The van der Waals surface area contributed by atoms with Crippen LogP contribution in [0.5, 0.6) is 0 Å². The monoisotopic (exact) mass is 318 g/mol. The number of carbonyl (C=O) groups is 1. The van der Waals surface area contributed by atoms with Crippen molar-refractivity contribution in [2.75, 3.05) is 0 Å². The number of ketones is 1. The van der Waals surface area contributed by atoms with Gasteiger partial charge in [-0.25, -0.2) is 14.3 Å². The van der Waals surface area contributed by atoms with Crippen molar-refractivity contribution in [3.63, 3.8) is 0 Å². The summed E-state index contributed by atoms with van der Waals surface area (Å²) < 4.78 is 3.06. The summed E-state index contributed by atoms with van der Waals surface area (Å²) in [5.74, 6) is -0.129. The fourth-order valence-electron chi connectivity index (χ4n) is 2.62. The van der Waals surface area contributed by atoms with E-state index in [-0.39, 0.29) is 5.78 Å². The highest BCUT2D eigenvalue weighted by atomic mass is 16.1. The molecule has 0 saturated carbocycles. The Labute approximate surface area is 137 Å². The molecule has 0 amide bonds. The molecule has 118 valence electrons. The van der Waals surface area contributed by atoms with Crippen molar-refractivity contribution in [2.24, 2.45) is 0 Å². The molecule has 0 aliphatic rings. The molecule has 0 aliphatic heterocycles. The maximum Gasteiger partial charge on any atom is 0.210 e. The highest BCUT2D eigenvalue weighted by Crippen LogP contribution is 2.20. The van der Waals surface area contributed by atoms with Gasteiger partial charge in [-0.05, 0) is 19.1 Å². The van der Waals surface area contributed by atoms with E-state index in [2.05, 4.69) is 20.4 Å². The van der Waals surface area contributed by atoms with Crippen LogP contribution in [0.4, 0.5) is 0 Å². The second kappa shape index (κ2) is 5.69. The van der Waals surface area contributed by atoms with Crippen LogP contribution in [-0.4, -0.2) is 35.5 Å². The zero-order chi connectivity index (χ0) is 16.5. The first-order valence-electron chi connectivity index (χ1n) is 7.49. The Morgan fingerprint density at radius 2 is 1.88 bits per heavy atom. The summed E-state index contributed by atoms with van der Waals surface area (Å²) in [7, 11) is 0. The predicted octanol–water partition coefficient (Wildman–Crippen LogP) is 2.26. The summed E-state index contributed by atoms with van der Waals surface area (Å²) in [5.41, 5.74) is 3.16. The Hall–Kier alpha value is -3.35. The number of nitrogens with zero attached hydrogens (tertiary/aromatic N) is 6. The number of fused-ring (bicyclic) bond motifs is 1. The van der Waals surface area contributed by atoms with Crippen LogP contribution < -0.4 is 0 Å². The molecule has 2 heterocycles. The minimum absolute atomic E-state index is 0.129. The molecule has 0 spiro atoms. The van der Waals surface area contributed by atoms with Crippen LogP contribution in [0, 0.1) is 6.92 Å². The van der Waals surface area contributed by atoms with Crippen molar-refractivity contribution in [3.8, 4) is 0 Å². The number of aromatic nitrogens is 6. The smallest absolute Gasteiger partial charge is 0.210 e. The number of carbonyl (C=O) groups excluding carboxylic acids is 1.